The van der Waals surface area contributed by atoms with E-state index in [-0.39, 0.29) is 27.5 Å². The maximum absolute atomic E-state index is 12.7. The Kier molecular flexibility index (Phi) is 4.43. The van der Waals surface area contributed by atoms with Crippen molar-refractivity contribution < 1.29 is 17.9 Å². The zero-order valence-corrected chi connectivity index (χ0v) is 12.0. The second-order valence-electron chi connectivity index (χ2n) is 3.82. The van der Waals surface area contributed by atoms with Crippen LogP contribution in [-0.4, -0.2) is 17.0 Å². The zero-order chi connectivity index (χ0) is 15.6. The molecule has 2 rings (SSSR count). The normalized spacial score (nSPS) is 11.3. The van der Waals surface area contributed by atoms with E-state index < -0.39 is 12.0 Å². The Hall–Kier alpha value is -1.73. The topological polar surface area (TPSA) is 47.0 Å². The number of benzene rings is 1. The standard InChI is InChI=1S/C12H8Cl2F3N3O/c1-18-8-5-9(20-11(19-8)12(15,16)17)21-7-4-2-3-6(13)10(7)14/h2-5H,1H3,(H,18,19,20). The number of hydrogen-bond acceptors (Lipinski definition) is 4. The first-order chi connectivity index (χ1) is 9.81. The Balaban J connectivity index is 2.42. The van der Waals surface area contributed by atoms with Gasteiger partial charge in [-0.2, -0.15) is 18.2 Å². The number of nitrogens with one attached hydrogen (secondary N) is 1. The van der Waals surface area contributed by atoms with E-state index >= 15 is 0 Å². The highest BCUT2D eigenvalue weighted by Gasteiger charge is 2.35. The van der Waals surface area contributed by atoms with Gasteiger partial charge in [0.05, 0.1) is 5.02 Å². The van der Waals surface area contributed by atoms with E-state index in [1.54, 1.807) is 6.07 Å². The fourth-order valence-corrected chi connectivity index (χ4v) is 1.74. The van der Waals surface area contributed by atoms with Gasteiger partial charge in [0.15, 0.2) is 0 Å². The summed E-state index contributed by atoms with van der Waals surface area (Å²) in [7, 11) is 1.43. The molecule has 21 heavy (non-hydrogen) atoms. The van der Waals surface area contributed by atoms with Crippen molar-refractivity contribution in [2.75, 3.05) is 12.4 Å². The van der Waals surface area contributed by atoms with Crippen LogP contribution >= 0.6 is 23.2 Å². The fourth-order valence-electron chi connectivity index (χ4n) is 1.41. The predicted molar refractivity (Wildman–Crippen MR) is 73.1 cm³/mol. The van der Waals surface area contributed by atoms with Crippen molar-refractivity contribution in [2.45, 2.75) is 6.18 Å². The van der Waals surface area contributed by atoms with Gasteiger partial charge in [-0.15, -0.1) is 0 Å². The molecule has 0 aliphatic carbocycles. The van der Waals surface area contributed by atoms with Crippen LogP contribution < -0.4 is 10.1 Å². The Morgan fingerprint density at radius 3 is 2.52 bits per heavy atom. The first-order valence-corrected chi connectivity index (χ1v) is 6.32. The molecule has 0 fully saturated rings. The average Bonchev–Trinajstić information content (AvgIpc) is 2.42. The summed E-state index contributed by atoms with van der Waals surface area (Å²) in [5, 5.41) is 2.80. The molecule has 112 valence electrons. The van der Waals surface area contributed by atoms with E-state index in [0.717, 1.165) is 0 Å². The van der Waals surface area contributed by atoms with Crippen LogP contribution in [0.3, 0.4) is 0 Å². The monoisotopic (exact) mass is 337 g/mol. The van der Waals surface area contributed by atoms with Gasteiger partial charge in [-0.1, -0.05) is 29.3 Å². The molecule has 0 amide bonds. The van der Waals surface area contributed by atoms with Crippen molar-refractivity contribution in [3.63, 3.8) is 0 Å². The summed E-state index contributed by atoms with van der Waals surface area (Å²) < 4.78 is 43.4. The number of aromatic nitrogens is 2. The van der Waals surface area contributed by atoms with Crippen LogP contribution in [0, 0.1) is 0 Å². The first-order valence-electron chi connectivity index (χ1n) is 5.57. The summed E-state index contributed by atoms with van der Waals surface area (Å²) in [5.41, 5.74) is 0. The Morgan fingerprint density at radius 1 is 1.19 bits per heavy atom. The second-order valence-corrected chi connectivity index (χ2v) is 4.60. The fraction of sp³-hybridized carbons (Fsp3) is 0.167. The molecule has 0 aliphatic heterocycles. The molecule has 0 spiro atoms. The number of rotatable bonds is 3. The summed E-state index contributed by atoms with van der Waals surface area (Å²) in [6.07, 6.45) is -4.69. The van der Waals surface area contributed by atoms with Gasteiger partial charge in [-0.05, 0) is 12.1 Å². The molecule has 4 nitrogen and oxygen atoms in total. The number of nitrogens with zero attached hydrogens (tertiary/aromatic N) is 2. The molecule has 0 aliphatic rings. The Bertz CT molecular complexity index is 665. The summed E-state index contributed by atoms with van der Waals surface area (Å²) in [4.78, 5) is 6.64. The van der Waals surface area contributed by atoms with Crippen LogP contribution in [0.1, 0.15) is 5.82 Å². The minimum Gasteiger partial charge on any atom is -0.437 e. The van der Waals surface area contributed by atoms with Crippen molar-refractivity contribution in [3.05, 3.63) is 40.1 Å². The molecule has 2 aromatic rings. The maximum atomic E-state index is 12.7. The van der Waals surface area contributed by atoms with Gasteiger partial charge in [0.1, 0.15) is 16.6 Å². The Morgan fingerprint density at radius 2 is 1.90 bits per heavy atom. The third-order valence-corrected chi connectivity index (χ3v) is 3.14. The van der Waals surface area contributed by atoms with Gasteiger partial charge in [-0.25, -0.2) is 4.98 Å². The second kappa shape index (κ2) is 5.95. The van der Waals surface area contributed by atoms with Gasteiger partial charge in [0, 0.05) is 13.1 Å². The third kappa shape index (κ3) is 3.68. The zero-order valence-electron chi connectivity index (χ0n) is 10.5. The summed E-state index contributed by atoms with van der Waals surface area (Å²) in [6.45, 7) is 0. The molecule has 0 saturated carbocycles. The first kappa shape index (κ1) is 15.7. The van der Waals surface area contributed by atoms with E-state index in [1.165, 1.54) is 25.2 Å². The molecule has 0 bridgehead atoms. The number of halogens is 5. The minimum absolute atomic E-state index is 0.0366. The molecular formula is C12H8Cl2F3N3O. The van der Waals surface area contributed by atoms with Crippen LogP contribution in [-0.2, 0) is 6.18 Å². The molecule has 1 heterocycles. The molecule has 1 N–H and O–H groups in total. The van der Waals surface area contributed by atoms with E-state index in [1.807, 2.05) is 0 Å². The van der Waals surface area contributed by atoms with E-state index in [9.17, 15) is 13.2 Å². The van der Waals surface area contributed by atoms with E-state index in [0.29, 0.717) is 0 Å². The number of ether oxygens (including phenoxy) is 1. The highest BCUT2D eigenvalue weighted by atomic mass is 35.5. The van der Waals surface area contributed by atoms with Crippen LogP contribution in [0.15, 0.2) is 24.3 Å². The molecule has 1 aromatic heterocycles. The lowest BCUT2D eigenvalue weighted by Gasteiger charge is -2.11. The Labute approximate surface area is 127 Å². The van der Waals surface area contributed by atoms with Crippen molar-refractivity contribution in [2.24, 2.45) is 0 Å². The molecule has 0 atom stereocenters. The number of alkyl halides is 3. The number of anilines is 1. The lowest BCUT2D eigenvalue weighted by atomic mass is 10.3. The van der Waals surface area contributed by atoms with Crippen molar-refractivity contribution in [1.82, 2.24) is 9.97 Å². The predicted octanol–water partition coefficient (Wildman–Crippen LogP) is 4.64. The van der Waals surface area contributed by atoms with Gasteiger partial charge in [-0.3, -0.25) is 0 Å². The van der Waals surface area contributed by atoms with E-state index in [2.05, 4.69) is 15.3 Å². The quantitative estimate of drug-likeness (QED) is 0.886. The average molecular weight is 338 g/mol. The van der Waals surface area contributed by atoms with Crippen LogP contribution in [0.5, 0.6) is 11.6 Å². The smallest absolute Gasteiger partial charge is 0.437 e. The molecule has 1 aromatic carbocycles. The lowest BCUT2D eigenvalue weighted by molar-refractivity contribution is -0.145. The third-order valence-electron chi connectivity index (χ3n) is 2.34. The maximum Gasteiger partial charge on any atom is 0.451 e. The lowest BCUT2D eigenvalue weighted by Crippen LogP contribution is -2.12. The SMILES string of the molecule is CNc1cc(Oc2cccc(Cl)c2Cl)nc(C(F)(F)F)n1. The van der Waals surface area contributed by atoms with Crippen LogP contribution in [0.4, 0.5) is 19.0 Å². The van der Waals surface area contributed by atoms with Crippen LogP contribution in [0.25, 0.3) is 0 Å². The van der Waals surface area contributed by atoms with Crippen molar-refractivity contribution in [3.8, 4) is 11.6 Å². The largest absolute Gasteiger partial charge is 0.451 e. The van der Waals surface area contributed by atoms with Crippen molar-refractivity contribution >= 4 is 29.0 Å². The van der Waals surface area contributed by atoms with Gasteiger partial charge < -0.3 is 10.1 Å². The van der Waals surface area contributed by atoms with E-state index in [4.69, 9.17) is 27.9 Å². The highest BCUT2D eigenvalue weighted by Crippen LogP contribution is 2.35. The minimum atomic E-state index is -4.69. The summed E-state index contributed by atoms with van der Waals surface area (Å²) in [5.74, 6) is -1.56. The summed E-state index contributed by atoms with van der Waals surface area (Å²) in [6, 6.07) is 5.75. The molecule has 0 unspecified atom stereocenters. The van der Waals surface area contributed by atoms with Crippen LogP contribution in [0.2, 0.25) is 10.0 Å². The van der Waals surface area contributed by atoms with Crippen molar-refractivity contribution in [1.29, 1.82) is 0 Å². The molecule has 9 heteroatoms. The molecule has 0 saturated heterocycles. The number of hydrogen-bond donors (Lipinski definition) is 1. The molecule has 0 radical (unpaired) electrons. The van der Waals surface area contributed by atoms with Gasteiger partial charge in [0.2, 0.25) is 11.7 Å². The molecular weight excluding hydrogens is 330 g/mol. The summed E-state index contributed by atoms with van der Waals surface area (Å²) >= 11 is 11.7. The van der Waals surface area contributed by atoms with Gasteiger partial charge in [0.25, 0.3) is 0 Å². The highest BCUT2D eigenvalue weighted by molar-refractivity contribution is 6.42. The van der Waals surface area contributed by atoms with Gasteiger partial charge >= 0.3 is 6.18 Å².